The van der Waals surface area contributed by atoms with Gasteiger partial charge < -0.3 is 0 Å². The third-order valence-corrected chi connectivity index (χ3v) is 6.74. The van der Waals surface area contributed by atoms with Crippen molar-refractivity contribution in [1.82, 2.24) is 0 Å². The average Bonchev–Trinajstić information content (AvgIpc) is 2.57. The molecule has 1 heterocycles. The van der Waals surface area contributed by atoms with Crippen molar-refractivity contribution < 1.29 is 39.2 Å². The van der Waals surface area contributed by atoms with Crippen molar-refractivity contribution in [3.8, 4) is 0 Å². The highest BCUT2D eigenvalue weighted by molar-refractivity contribution is 8.05. The maximum atomic E-state index is 9.79. The molecule has 0 amide bonds. The summed E-state index contributed by atoms with van der Waals surface area (Å²) < 4.78 is 55.6. The molecule has 0 saturated heterocycles. The van der Waals surface area contributed by atoms with Crippen LogP contribution in [0.4, 0.5) is 0 Å². The van der Waals surface area contributed by atoms with Crippen molar-refractivity contribution in [3.63, 3.8) is 0 Å². The molecule has 2 N–H and O–H groups in total. The molecule has 2 aromatic carbocycles. The van der Waals surface area contributed by atoms with E-state index in [1.807, 2.05) is 23.5 Å². The summed E-state index contributed by atoms with van der Waals surface area (Å²) in [5.41, 5.74) is 0. The molecular formula is C16H16O9S4. The van der Waals surface area contributed by atoms with Gasteiger partial charge in [-0.3, -0.25) is 18.7 Å². The molecule has 158 valence electrons. The summed E-state index contributed by atoms with van der Waals surface area (Å²) in [7, 11) is -10.2. The second-order valence-corrected chi connectivity index (χ2v) is 9.56. The van der Waals surface area contributed by atoms with Crippen molar-refractivity contribution >= 4 is 55.9 Å². The first-order valence-electron chi connectivity index (χ1n) is 7.49. The lowest BCUT2D eigenvalue weighted by molar-refractivity contribution is -0.134. The largest absolute Gasteiger partial charge is 0.413 e. The van der Waals surface area contributed by atoms with Gasteiger partial charge in [-0.2, -0.15) is 16.8 Å². The highest BCUT2D eigenvalue weighted by Crippen LogP contribution is 2.47. The fourth-order valence-corrected chi connectivity index (χ4v) is 4.69. The van der Waals surface area contributed by atoms with Crippen LogP contribution in [0.5, 0.6) is 0 Å². The third kappa shape index (κ3) is 10.6. The standard InChI is InChI=1S/C12H8S2.C4H6O2.H2O7S2/c1-2-6-10-9(5-1)13-11-7-3-4-8-12(11)14-10;1-3(5)4(2)6;1-8(2,3)7-9(4,5)6/h1-8H;1-2H3;(H,1,2,3)(H,4,5,6). The highest BCUT2D eigenvalue weighted by atomic mass is 32.3. The molecule has 0 bridgehead atoms. The second-order valence-electron chi connectivity index (χ2n) is 5.13. The van der Waals surface area contributed by atoms with E-state index in [1.165, 1.54) is 33.4 Å². The first-order valence-corrected chi connectivity index (χ1v) is 11.9. The molecule has 0 aliphatic carbocycles. The Morgan fingerprint density at radius 1 is 0.690 bits per heavy atom. The van der Waals surface area contributed by atoms with Crippen molar-refractivity contribution in [2.45, 2.75) is 33.4 Å². The highest BCUT2D eigenvalue weighted by Gasteiger charge is 2.16. The van der Waals surface area contributed by atoms with E-state index in [2.05, 4.69) is 52.2 Å². The monoisotopic (exact) mass is 480 g/mol. The van der Waals surface area contributed by atoms with Crippen LogP contribution in [0.15, 0.2) is 68.1 Å². The van der Waals surface area contributed by atoms with Gasteiger partial charge >= 0.3 is 20.8 Å². The topological polar surface area (TPSA) is 152 Å². The Bertz CT molecular complexity index is 963. The van der Waals surface area contributed by atoms with Gasteiger partial charge in [0.2, 0.25) is 0 Å². The minimum Gasteiger partial charge on any atom is -0.291 e. The van der Waals surface area contributed by atoms with Gasteiger partial charge in [-0.25, -0.2) is 0 Å². The van der Waals surface area contributed by atoms with E-state index in [4.69, 9.17) is 9.11 Å². The molecule has 0 unspecified atom stereocenters. The van der Waals surface area contributed by atoms with Gasteiger partial charge in [0.1, 0.15) is 0 Å². The molecule has 3 rings (SSSR count). The van der Waals surface area contributed by atoms with Gasteiger partial charge in [0, 0.05) is 33.4 Å². The average molecular weight is 481 g/mol. The van der Waals surface area contributed by atoms with E-state index in [9.17, 15) is 26.4 Å². The zero-order chi connectivity index (χ0) is 22.2. The van der Waals surface area contributed by atoms with Crippen LogP contribution in [0.3, 0.4) is 0 Å². The number of fused-ring (bicyclic) bond motifs is 2. The molecule has 13 heteroatoms. The Morgan fingerprint density at radius 3 is 1.07 bits per heavy atom. The van der Waals surface area contributed by atoms with Crippen molar-refractivity contribution in [2.75, 3.05) is 0 Å². The summed E-state index contributed by atoms with van der Waals surface area (Å²) >= 11 is 3.72. The lowest BCUT2D eigenvalue weighted by Crippen LogP contribution is -2.10. The van der Waals surface area contributed by atoms with E-state index < -0.39 is 20.8 Å². The van der Waals surface area contributed by atoms with Crippen LogP contribution < -0.4 is 0 Å². The summed E-state index contributed by atoms with van der Waals surface area (Å²) in [6, 6.07) is 17.1. The quantitative estimate of drug-likeness (QED) is 0.420. The Kier molecular flexibility index (Phi) is 9.48. The van der Waals surface area contributed by atoms with Crippen LogP contribution in [-0.4, -0.2) is 37.5 Å². The molecule has 2 aromatic rings. The van der Waals surface area contributed by atoms with Crippen LogP contribution in [0.1, 0.15) is 13.8 Å². The fraction of sp³-hybridized carbons (Fsp3) is 0.125. The van der Waals surface area contributed by atoms with E-state index >= 15 is 0 Å². The minimum atomic E-state index is -5.12. The molecule has 0 radical (unpaired) electrons. The summed E-state index contributed by atoms with van der Waals surface area (Å²) in [6.07, 6.45) is 0. The van der Waals surface area contributed by atoms with Gasteiger partial charge in [0.05, 0.1) is 0 Å². The predicted molar refractivity (Wildman–Crippen MR) is 107 cm³/mol. The van der Waals surface area contributed by atoms with Crippen LogP contribution in [-0.2, 0) is 34.0 Å². The number of ketones is 2. The maximum absolute atomic E-state index is 9.79. The van der Waals surface area contributed by atoms with E-state index in [0.29, 0.717) is 0 Å². The van der Waals surface area contributed by atoms with Gasteiger partial charge in [-0.05, 0) is 24.3 Å². The molecular weight excluding hydrogens is 464 g/mol. The molecule has 0 fully saturated rings. The summed E-state index contributed by atoms with van der Waals surface area (Å²) in [4.78, 5) is 25.1. The van der Waals surface area contributed by atoms with E-state index in [-0.39, 0.29) is 11.6 Å². The molecule has 0 atom stereocenters. The lowest BCUT2D eigenvalue weighted by atomic mass is 10.3. The Hall–Kier alpha value is -1.74. The number of hydrogen-bond acceptors (Lipinski definition) is 9. The summed E-state index contributed by atoms with van der Waals surface area (Å²) in [5, 5.41) is 0. The number of carbonyl (C=O) groups excluding carboxylic acids is 2. The van der Waals surface area contributed by atoms with Gasteiger partial charge in [0.15, 0.2) is 11.6 Å². The Morgan fingerprint density at radius 2 is 0.931 bits per heavy atom. The van der Waals surface area contributed by atoms with Gasteiger partial charge in [0.25, 0.3) is 0 Å². The Balaban J connectivity index is 0.000000244. The molecule has 0 spiro atoms. The third-order valence-electron chi connectivity index (χ3n) is 2.81. The number of Topliss-reactive ketones (excluding diaryl/α,β-unsaturated/α-hetero) is 2. The van der Waals surface area contributed by atoms with Crippen molar-refractivity contribution in [2.24, 2.45) is 0 Å². The lowest BCUT2D eigenvalue weighted by Gasteiger charge is -2.17. The SMILES string of the molecule is CC(=O)C(C)=O.O=S(=O)(O)OS(=O)(=O)O.c1ccc2c(c1)Sc1ccccc1S2. The predicted octanol–water partition coefficient (Wildman–Crippen LogP) is 3.08. The maximum Gasteiger partial charge on any atom is 0.413 e. The van der Waals surface area contributed by atoms with Crippen LogP contribution in [0.2, 0.25) is 0 Å². The van der Waals surface area contributed by atoms with Gasteiger partial charge in [-0.1, -0.05) is 47.8 Å². The summed E-state index contributed by atoms with van der Waals surface area (Å²) in [6.45, 7) is 2.50. The Labute approximate surface area is 176 Å². The number of hydrogen-bond donors (Lipinski definition) is 2. The first-order chi connectivity index (χ1) is 13.3. The van der Waals surface area contributed by atoms with Crippen molar-refractivity contribution in [1.29, 1.82) is 0 Å². The summed E-state index contributed by atoms with van der Waals surface area (Å²) in [5.74, 6) is -0.759. The van der Waals surface area contributed by atoms with Crippen LogP contribution >= 0.6 is 23.5 Å². The molecule has 9 nitrogen and oxygen atoms in total. The number of carbonyl (C=O) groups is 2. The normalized spacial score (nSPS) is 12.1. The molecule has 1 aliphatic heterocycles. The zero-order valence-electron chi connectivity index (χ0n) is 15.0. The van der Waals surface area contributed by atoms with E-state index in [0.717, 1.165) is 0 Å². The zero-order valence-corrected chi connectivity index (χ0v) is 18.3. The minimum absolute atomic E-state index is 0.380. The fourth-order valence-electron chi connectivity index (χ4n) is 1.58. The van der Waals surface area contributed by atoms with Crippen molar-refractivity contribution in [3.05, 3.63) is 48.5 Å². The van der Waals surface area contributed by atoms with Crippen LogP contribution in [0.25, 0.3) is 0 Å². The van der Waals surface area contributed by atoms with Gasteiger partial charge in [-0.15, -0.1) is 3.63 Å². The second kappa shape index (κ2) is 10.9. The smallest absolute Gasteiger partial charge is 0.291 e. The molecule has 29 heavy (non-hydrogen) atoms. The first kappa shape index (κ1) is 25.3. The molecule has 0 saturated carbocycles. The van der Waals surface area contributed by atoms with E-state index in [1.54, 1.807) is 0 Å². The number of benzene rings is 2. The number of rotatable bonds is 3. The molecule has 0 aromatic heterocycles. The molecule has 1 aliphatic rings. The van der Waals surface area contributed by atoms with Crippen LogP contribution in [0, 0.1) is 0 Å².